The van der Waals surface area contributed by atoms with Gasteiger partial charge in [-0.25, -0.2) is 0 Å². The molecule has 0 spiro atoms. The molecule has 2 aromatic rings. The summed E-state index contributed by atoms with van der Waals surface area (Å²) in [4.78, 5) is 24.2. The number of aryl methyl sites for hydroxylation is 2. The first-order valence-corrected chi connectivity index (χ1v) is 10.2. The molecule has 0 aromatic heterocycles. The number of carbonyl (C=O) groups excluding carboxylic acids is 2. The third kappa shape index (κ3) is 6.71. The van der Waals surface area contributed by atoms with Gasteiger partial charge in [-0.3, -0.25) is 25.8 Å². The summed E-state index contributed by atoms with van der Waals surface area (Å²) in [6, 6.07) is 10.8. The summed E-state index contributed by atoms with van der Waals surface area (Å²) < 4.78 is 5.46. The molecule has 0 radical (unpaired) electrons. The Balaban J connectivity index is 1.79. The van der Waals surface area contributed by atoms with Crippen LogP contribution >= 0.6 is 23.8 Å². The van der Waals surface area contributed by atoms with Gasteiger partial charge in [0, 0.05) is 10.6 Å². The van der Waals surface area contributed by atoms with Crippen molar-refractivity contribution in [1.29, 1.82) is 0 Å². The molecule has 2 rings (SSSR count). The number of hydrazine groups is 1. The van der Waals surface area contributed by atoms with Gasteiger partial charge in [0.1, 0.15) is 5.75 Å². The maximum Gasteiger partial charge on any atom is 0.276 e. The van der Waals surface area contributed by atoms with Gasteiger partial charge in [0.05, 0.1) is 0 Å². The van der Waals surface area contributed by atoms with Crippen LogP contribution in [0.25, 0.3) is 0 Å². The smallest absolute Gasteiger partial charge is 0.276 e. The molecule has 3 N–H and O–H groups in total. The molecule has 2 aromatic carbocycles. The molecule has 0 saturated heterocycles. The average molecular weight is 448 g/mol. The second-order valence-corrected chi connectivity index (χ2v) is 8.73. The third-order valence-corrected chi connectivity index (χ3v) is 5.14. The van der Waals surface area contributed by atoms with Gasteiger partial charge in [0.25, 0.3) is 11.8 Å². The van der Waals surface area contributed by atoms with Crippen LogP contribution < -0.4 is 20.9 Å². The first-order valence-electron chi connectivity index (χ1n) is 9.37. The number of amides is 2. The summed E-state index contributed by atoms with van der Waals surface area (Å²) >= 11 is 11.2. The first-order chi connectivity index (χ1) is 14.0. The lowest BCUT2D eigenvalue weighted by atomic mass is 9.87. The van der Waals surface area contributed by atoms with Gasteiger partial charge >= 0.3 is 0 Å². The van der Waals surface area contributed by atoms with E-state index in [1.807, 2.05) is 26.0 Å². The topological polar surface area (TPSA) is 79.5 Å². The quantitative estimate of drug-likeness (QED) is 0.488. The number of hydrogen-bond acceptors (Lipinski definition) is 4. The first kappa shape index (κ1) is 23.6. The largest absolute Gasteiger partial charge is 0.484 e. The normalized spacial score (nSPS) is 10.9. The van der Waals surface area contributed by atoms with E-state index in [-0.39, 0.29) is 23.0 Å². The highest BCUT2D eigenvalue weighted by atomic mass is 35.5. The summed E-state index contributed by atoms with van der Waals surface area (Å²) in [6.45, 7) is 9.80. The van der Waals surface area contributed by atoms with Crippen LogP contribution in [0.2, 0.25) is 5.02 Å². The number of halogens is 1. The molecule has 2 amide bonds. The molecule has 0 unspecified atom stereocenters. The highest BCUT2D eigenvalue weighted by molar-refractivity contribution is 7.80. The molecule has 0 heterocycles. The van der Waals surface area contributed by atoms with Gasteiger partial charge in [-0.05, 0) is 72.4 Å². The minimum absolute atomic E-state index is 0.00161. The number of rotatable bonds is 4. The van der Waals surface area contributed by atoms with Crippen molar-refractivity contribution in [3.63, 3.8) is 0 Å². The van der Waals surface area contributed by atoms with Crippen LogP contribution in [-0.4, -0.2) is 23.5 Å². The molecule has 8 heteroatoms. The minimum atomic E-state index is -0.452. The van der Waals surface area contributed by atoms with Crippen LogP contribution in [0.1, 0.15) is 47.8 Å². The Labute approximate surface area is 187 Å². The Morgan fingerprint density at radius 2 is 1.60 bits per heavy atom. The molecule has 0 saturated carbocycles. The van der Waals surface area contributed by atoms with Crippen molar-refractivity contribution < 1.29 is 14.3 Å². The van der Waals surface area contributed by atoms with E-state index in [0.29, 0.717) is 16.3 Å². The van der Waals surface area contributed by atoms with Crippen molar-refractivity contribution in [3.05, 3.63) is 63.7 Å². The fraction of sp³-hybridized carbons (Fsp3) is 0.318. The van der Waals surface area contributed by atoms with E-state index in [9.17, 15) is 9.59 Å². The average Bonchev–Trinajstić information content (AvgIpc) is 2.68. The van der Waals surface area contributed by atoms with E-state index in [0.717, 1.165) is 16.7 Å². The number of ether oxygens (including phenoxy) is 1. The summed E-state index contributed by atoms with van der Waals surface area (Å²) in [5.41, 5.74) is 8.19. The maximum atomic E-state index is 12.3. The maximum absolute atomic E-state index is 12.3. The summed E-state index contributed by atoms with van der Waals surface area (Å²) in [7, 11) is 0. The Morgan fingerprint density at radius 3 is 2.13 bits per heavy atom. The SMILES string of the molecule is Cc1cc(OCC(=O)NNC(=S)NC(=O)c2ccc(C(C)(C)C)cc2)cc(C)c1Cl. The summed E-state index contributed by atoms with van der Waals surface area (Å²) in [6.07, 6.45) is 0. The van der Waals surface area contributed by atoms with Gasteiger partial charge in [0.2, 0.25) is 0 Å². The lowest BCUT2D eigenvalue weighted by Crippen LogP contribution is -2.49. The molecule has 30 heavy (non-hydrogen) atoms. The van der Waals surface area contributed by atoms with E-state index in [1.165, 1.54) is 0 Å². The number of carbonyl (C=O) groups is 2. The monoisotopic (exact) mass is 447 g/mol. The lowest BCUT2D eigenvalue weighted by Gasteiger charge is -2.19. The molecule has 0 aliphatic rings. The van der Waals surface area contributed by atoms with E-state index >= 15 is 0 Å². The van der Waals surface area contributed by atoms with Gasteiger partial charge in [-0.1, -0.05) is 44.5 Å². The van der Waals surface area contributed by atoms with Crippen molar-refractivity contribution in [3.8, 4) is 5.75 Å². The Bertz CT molecular complexity index is 930. The molecule has 0 bridgehead atoms. The Hall–Kier alpha value is -2.64. The summed E-state index contributed by atoms with van der Waals surface area (Å²) in [5, 5.41) is 3.16. The van der Waals surface area contributed by atoms with E-state index in [4.69, 9.17) is 28.6 Å². The zero-order chi connectivity index (χ0) is 22.5. The van der Waals surface area contributed by atoms with E-state index < -0.39 is 5.91 Å². The molecule has 0 fully saturated rings. The lowest BCUT2D eigenvalue weighted by molar-refractivity contribution is -0.123. The van der Waals surface area contributed by atoms with Crippen molar-refractivity contribution >= 4 is 40.7 Å². The Morgan fingerprint density at radius 1 is 1.03 bits per heavy atom. The zero-order valence-electron chi connectivity index (χ0n) is 17.7. The predicted molar refractivity (Wildman–Crippen MR) is 123 cm³/mol. The fourth-order valence-electron chi connectivity index (χ4n) is 2.63. The van der Waals surface area contributed by atoms with Crippen LogP contribution in [0, 0.1) is 13.8 Å². The van der Waals surface area contributed by atoms with Gasteiger partial charge in [-0.2, -0.15) is 0 Å². The fourth-order valence-corrected chi connectivity index (χ4v) is 2.88. The molecular weight excluding hydrogens is 422 g/mol. The highest BCUT2D eigenvalue weighted by Crippen LogP contribution is 2.25. The molecule has 160 valence electrons. The van der Waals surface area contributed by atoms with Crippen molar-refractivity contribution in [2.75, 3.05) is 6.61 Å². The second-order valence-electron chi connectivity index (χ2n) is 7.94. The van der Waals surface area contributed by atoms with E-state index in [1.54, 1.807) is 24.3 Å². The van der Waals surface area contributed by atoms with Gasteiger partial charge in [0.15, 0.2) is 11.7 Å². The second kappa shape index (κ2) is 9.91. The third-order valence-electron chi connectivity index (χ3n) is 4.34. The van der Waals surface area contributed by atoms with E-state index in [2.05, 4.69) is 36.9 Å². The van der Waals surface area contributed by atoms with Crippen LogP contribution in [-0.2, 0) is 10.2 Å². The number of nitrogens with one attached hydrogen (secondary N) is 3. The molecule has 0 atom stereocenters. The number of thiocarbonyl (C=S) groups is 1. The van der Waals surface area contributed by atoms with Crippen molar-refractivity contribution in [2.45, 2.75) is 40.0 Å². The van der Waals surface area contributed by atoms with Crippen LogP contribution in [0.4, 0.5) is 0 Å². The van der Waals surface area contributed by atoms with Gasteiger partial charge < -0.3 is 4.74 Å². The van der Waals surface area contributed by atoms with Crippen LogP contribution in [0.3, 0.4) is 0 Å². The standard InChI is InChI=1S/C22H26ClN3O3S/c1-13-10-17(11-14(2)19(13)23)29-12-18(27)25-26-21(30)24-20(28)15-6-8-16(9-7-15)22(3,4)5/h6-11H,12H2,1-5H3,(H,25,27)(H2,24,26,28,30). The van der Waals surface area contributed by atoms with Crippen molar-refractivity contribution in [2.24, 2.45) is 0 Å². The number of benzene rings is 2. The predicted octanol–water partition coefficient (Wildman–Crippen LogP) is 3.97. The van der Waals surface area contributed by atoms with Gasteiger partial charge in [-0.15, -0.1) is 0 Å². The van der Waals surface area contributed by atoms with Crippen molar-refractivity contribution in [1.82, 2.24) is 16.2 Å². The highest BCUT2D eigenvalue weighted by Gasteiger charge is 2.15. The summed E-state index contributed by atoms with van der Waals surface area (Å²) in [5.74, 6) is -0.281. The van der Waals surface area contributed by atoms with Crippen LogP contribution in [0.15, 0.2) is 36.4 Å². The minimum Gasteiger partial charge on any atom is -0.484 e. The van der Waals surface area contributed by atoms with Crippen LogP contribution in [0.5, 0.6) is 5.75 Å². The number of hydrogen-bond donors (Lipinski definition) is 3. The molecule has 6 nitrogen and oxygen atoms in total. The molecule has 0 aliphatic heterocycles. The zero-order valence-corrected chi connectivity index (χ0v) is 19.3. The Kier molecular flexibility index (Phi) is 7.81. The molecular formula is C22H26ClN3O3S. The molecule has 0 aliphatic carbocycles.